The Morgan fingerprint density at radius 1 is 0.232 bits per heavy atom. The lowest BCUT2D eigenvalue weighted by Crippen LogP contribution is -2.28. The van der Waals surface area contributed by atoms with Gasteiger partial charge in [0.25, 0.3) is 0 Å². The van der Waals surface area contributed by atoms with Crippen molar-refractivity contribution in [2.24, 2.45) is 0 Å². The summed E-state index contributed by atoms with van der Waals surface area (Å²) in [6.07, 6.45) is 0. The van der Waals surface area contributed by atoms with Crippen LogP contribution in [0.1, 0.15) is 22.3 Å². The molecule has 1 aliphatic rings. The van der Waals surface area contributed by atoms with Gasteiger partial charge in [0.05, 0.1) is 27.5 Å². The average Bonchev–Trinajstić information content (AvgIpc) is 3.14. The van der Waals surface area contributed by atoms with E-state index >= 15 is 0 Å². The zero-order chi connectivity index (χ0) is 54.1. The fourth-order valence-corrected chi connectivity index (χ4v) is 13.5. The van der Waals surface area contributed by atoms with Crippen LogP contribution in [0.15, 0.2) is 322 Å². The number of aromatic nitrogens is 2. The summed E-state index contributed by atoms with van der Waals surface area (Å²) in [7, 11) is 0. The molecule has 82 heavy (non-hydrogen) atoms. The van der Waals surface area contributed by atoms with Gasteiger partial charge in [-0.1, -0.05) is 206 Å². The molecular weight excluding hydrogens is 991 g/mol. The van der Waals surface area contributed by atoms with E-state index in [1.807, 2.05) is 0 Å². The summed E-state index contributed by atoms with van der Waals surface area (Å²) in [5.41, 5.74) is 24.4. The molecular formula is C79H53N3. The van der Waals surface area contributed by atoms with Gasteiger partial charge in [0.2, 0.25) is 0 Å². The third-order valence-electron chi connectivity index (χ3n) is 17.1. The Labute approximate surface area is 477 Å². The highest BCUT2D eigenvalue weighted by Crippen LogP contribution is 2.57. The van der Waals surface area contributed by atoms with E-state index in [1.54, 1.807) is 0 Å². The first-order chi connectivity index (χ1) is 40.7. The summed E-state index contributed by atoms with van der Waals surface area (Å²) in [5, 5.41) is 4.89. The molecule has 0 bridgehead atoms. The van der Waals surface area contributed by atoms with Crippen LogP contribution in [-0.4, -0.2) is 9.13 Å². The minimum absolute atomic E-state index is 0.508. The van der Waals surface area contributed by atoms with E-state index < -0.39 is 5.41 Å². The maximum Gasteiger partial charge on any atom is 0.0714 e. The van der Waals surface area contributed by atoms with Crippen LogP contribution in [0.4, 0.5) is 17.1 Å². The Morgan fingerprint density at radius 2 is 0.634 bits per heavy atom. The predicted octanol–water partition coefficient (Wildman–Crippen LogP) is 20.7. The monoisotopic (exact) mass is 1040 g/mol. The number of hydrogen-bond acceptors (Lipinski definition) is 1. The lowest BCUT2D eigenvalue weighted by atomic mass is 9.67. The van der Waals surface area contributed by atoms with Gasteiger partial charge >= 0.3 is 0 Å². The Bertz CT molecular complexity index is 4810. The normalized spacial score (nSPS) is 12.5. The number of rotatable bonds is 10. The first-order valence-corrected chi connectivity index (χ1v) is 28.3. The van der Waals surface area contributed by atoms with Crippen molar-refractivity contribution < 1.29 is 0 Å². The van der Waals surface area contributed by atoms with Crippen LogP contribution in [0.3, 0.4) is 0 Å². The van der Waals surface area contributed by atoms with E-state index in [-0.39, 0.29) is 0 Å². The molecule has 3 heteroatoms. The third kappa shape index (κ3) is 7.51. The minimum atomic E-state index is -0.508. The van der Waals surface area contributed by atoms with Crippen molar-refractivity contribution in [2.75, 3.05) is 4.90 Å². The Kier molecular flexibility index (Phi) is 11.1. The molecule has 3 nitrogen and oxygen atoms in total. The van der Waals surface area contributed by atoms with Crippen LogP contribution < -0.4 is 4.90 Å². The Balaban J connectivity index is 0.869. The SMILES string of the molecule is c1ccc(N(c2ccccc2)c2ccc(-c3cc(-c4ccc5c(c4)c4ccccc4n5-c4ccccc4)cc(-c4ccc5c(c4)c4ccccc4n5-c4ccc5c(c4)C(c4ccccc4)(c4ccccc4)c4ccccc4-5)c3)cc2)cc1. The van der Waals surface area contributed by atoms with Crippen molar-refractivity contribution in [3.63, 3.8) is 0 Å². The maximum atomic E-state index is 2.48. The second-order valence-corrected chi connectivity index (χ2v) is 21.6. The van der Waals surface area contributed by atoms with Crippen LogP contribution in [0.2, 0.25) is 0 Å². The molecule has 384 valence electrons. The molecule has 0 saturated heterocycles. The molecule has 0 unspecified atom stereocenters. The summed E-state index contributed by atoms with van der Waals surface area (Å²) in [6.45, 7) is 0. The second-order valence-electron chi connectivity index (χ2n) is 21.6. The van der Waals surface area contributed by atoms with Crippen LogP contribution in [0.25, 0.3) is 99.5 Å². The fourth-order valence-electron chi connectivity index (χ4n) is 13.5. The molecule has 0 saturated carbocycles. The maximum absolute atomic E-state index is 2.48. The first-order valence-electron chi connectivity index (χ1n) is 28.3. The second kappa shape index (κ2) is 19.3. The Morgan fingerprint density at radius 3 is 1.18 bits per heavy atom. The molecule has 1 aliphatic carbocycles. The molecule has 0 amide bonds. The molecule has 2 heterocycles. The lowest BCUT2D eigenvalue weighted by Gasteiger charge is -2.34. The van der Waals surface area contributed by atoms with Crippen molar-refractivity contribution in [2.45, 2.75) is 5.41 Å². The zero-order valence-corrected chi connectivity index (χ0v) is 44.9. The van der Waals surface area contributed by atoms with Gasteiger partial charge in [0, 0.05) is 50.0 Å². The van der Waals surface area contributed by atoms with Gasteiger partial charge in [-0.05, 0) is 182 Å². The number of nitrogens with zero attached hydrogens (tertiary/aromatic N) is 3. The van der Waals surface area contributed by atoms with Gasteiger partial charge in [-0.3, -0.25) is 0 Å². The first kappa shape index (κ1) is 47.3. The average molecular weight is 1040 g/mol. The van der Waals surface area contributed by atoms with Gasteiger partial charge in [0.1, 0.15) is 0 Å². The van der Waals surface area contributed by atoms with Crippen LogP contribution in [-0.2, 0) is 5.41 Å². The number of benzene rings is 13. The van der Waals surface area contributed by atoms with Gasteiger partial charge in [0.15, 0.2) is 0 Å². The summed E-state index contributed by atoms with van der Waals surface area (Å²) < 4.78 is 4.87. The van der Waals surface area contributed by atoms with E-state index in [0.717, 1.165) is 56.3 Å². The van der Waals surface area contributed by atoms with E-state index in [9.17, 15) is 0 Å². The fraction of sp³-hybridized carbons (Fsp3) is 0.0127. The van der Waals surface area contributed by atoms with Gasteiger partial charge in [-0.15, -0.1) is 0 Å². The zero-order valence-electron chi connectivity index (χ0n) is 44.9. The van der Waals surface area contributed by atoms with Crippen molar-refractivity contribution in [3.05, 3.63) is 344 Å². The number of hydrogen-bond donors (Lipinski definition) is 0. The van der Waals surface area contributed by atoms with Crippen molar-refractivity contribution in [1.82, 2.24) is 9.13 Å². The largest absolute Gasteiger partial charge is 0.311 e. The summed E-state index contributed by atoms with van der Waals surface area (Å²) in [4.78, 5) is 2.32. The molecule has 0 N–H and O–H groups in total. The number of para-hydroxylation sites is 5. The molecule has 0 spiro atoms. The van der Waals surface area contributed by atoms with Gasteiger partial charge < -0.3 is 14.0 Å². The molecule has 16 rings (SSSR count). The van der Waals surface area contributed by atoms with E-state index in [4.69, 9.17) is 0 Å². The summed E-state index contributed by atoms with van der Waals surface area (Å²) in [6, 6.07) is 118. The molecule has 0 fully saturated rings. The van der Waals surface area contributed by atoms with Crippen molar-refractivity contribution in [3.8, 4) is 55.9 Å². The van der Waals surface area contributed by atoms with Crippen LogP contribution in [0, 0.1) is 0 Å². The van der Waals surface area contributed by atoms with E-state index in [1.165, 1.54) is 82.6 Å². The molecule has 13 aromatic carbocycles. The van der Waals surface area contributed by atoms with Gasteiger partial charge in [-0.2, -0.15) is 0 Å². The van der Waals surface area contributed by atoms with Crippen molar-refractivity contribution in [1.29, 1.82) is 0 Å². The minimum Gasteiger partial charge on any atom is -0.311 e. The van der Waals surface area contributed by atoms with Crippen molar-refractivity contribution >= 4 is 60.7 Å². The highest BCUT2D eigenvalue weighted by atomic mass is 15.1. The topological polar surface area (TPSA) is 13.1 Å². The highest BCUT2D eigenvalue weighted by Gasteiger charge is 2.46. The predicted molar refractivity (Wildman–Crippen MR) is 343 cm³/mol. The molecule has 15 aromatic rings. The van der Waals surface area contributed by atoms with Crippen LogP contribution in [0.5, 0.6) is 0 Å². The summed E-state index contributed by atoms with van der Waals surface area (Å²) in [5.74, 6) is 0. The number of fused-ring (bicyclic) bond motifs is 9. The number of anilines is 3. The molecule has 0 radical (unpaired) electrons. The third-order valence-corrected chi connectivity index (χ3v) is 17.1. The molecule has 0 atom stereocenters. The summed E-state index contributed by atoms with van der Waals surface area (Å²) >= 11 is 0. The van der Waals surface area contributed by atoms with E-state index in [0.29, 0.717) is 0 Å². The smallest absolute Gasteiger partial charge is 0.0714 e. The standard InChI is InChI=1S/C79H53N3/c1-6-22-60(23-7-1)79(61-24-8-2-9-25-61)73-35-19-16-32-67(73)68-45-44-66(53-74(68)79)82-76-37-21-18-34-70(76)72-52-56(41-47-78(72)82)59-49-57(54-38-42-65(43-39-54)80(62-26-10-3-11-27-62)63-28-12-4-13-29-63)48-58(50-59)55-40-46-77-71(51-55)69-33-17-20-36-75(69)81(77)64-30-14-5-15-31-64/h1-53H. The molecule has 2 aromatic heterocycles. The quantitative estimate of drug-likeness (QED) is 0.133. The lowest BCUT2D eigenvalue weighted by molar-refractivity contribution is 0.767. The van der Waals surface area contributed by atoms with E-state index in [2.05, 4.69) is 336 Å². The Hall–Kier alpha value is -10.7. The molecule has 0 aliphatic heterocycles. The highest BCUT2D eigenvalue weighted by molar-refractivity contribution is 6.12. The van der Waals surface area contributed by atoms with Gasteiger partial charge in [-0.25, -0.2) is 0 Å². The van der Waals surface area contributed by atoms with Crippen LogP contribution >= 0.6 is 0 Å².